The monoisotopic (exact) mass is 392 g/mol. The van der Waals surface area contributed by atoms with E-state index >= 15 is 0 Å². The van der Waals surface area contributed by atoms with Crippen molar-refractivity contribution in [3.8, 4) is 11.5 Å². The van der Waals surface area contributed by atoms with Crippen LogP contribution in [0.1, 0.15) is 57.5 Å². The average molecular weight is 392 g/mol. The van der Waals surface area contributed by atoms with Crippen molar-refractivity contribution in [1.82, 2.24) is 10.3 Å². The zero-order valence-corrected chi connectivity index (χ0v) is 16.8. The molecule has 0 saturated heterocycles. The first-order valence-electron chi connectivity index (χ1n) is 8.55. The predicted molar refractivity (Wildman–Crippen MR) is 103 cm³/mol. The van der Waals surface area contributed by atoms with E-state index in [1.54, 1.807) is 32.0 Å². The van der Waals surface area contributed by atoms with Crippen LogP contribution in [0.25, 0.3) is 0 Å². The van der Waals surface area contributed by atoms with Crippen molar-refractivity contribution < 1.29 is 24.2 Å². The van der Waals surface area contributed by atoms with Crippen LogP contribution >= 0.6 is 11.3 Å². The number of thiazole rings is 1. The first kappa shape index (κ1) is 20.7. The molecule has 0 aliphatic rings. The summed E-state index contributed by atoms with van der Waals surface area (Å²) < 4.78 is 11.0. The number of aromatic nitrogens is 1. The number of carboxylic acid groups (broad SMARTS) is 1. The molecule has 2 rings (SSSR count). The van der Waals surface area contributed by atoms with Gasteiger partial charge in [0, 0.05) is 5.56 Å². The standard InChI is InChI=1S/C19H24N2O5S/c1-10(2)9-26-14-7-6-13(8-15(14)25-5)17(22)20-12(4)18-21-11(3)16(27-18)19(23)24/h6-8,10,12H,9H2,1-5H3,(H,20,22)(H,23,24). The van der Waals surface area contributed by atoms with E-state index in [0.717, 1.165) is 11.3 Å². The summed E-state index contributed by atoms with van der Waals surface area (Å²) in [6, 6.07) is 4.57. The molecule has 27 heavy (non-hydrogen) atoms. The van der Waals surface area contributed by atoms with Gasteiger partial charge in [0.15, 0.2) is 11.5 Å². The lowest BCUT2D eigenvalue weighted by Crippen LogP contribution is -2.26. The molecular weight excluding hydrogens is 368 g/mol. The van der Waals surface area contributed by atoms with Gasteiger partial charge in [-0.1, -0.05) is 13.8 Å². The highest BCUT2D eigenvalue weighted by atomic mass is 32.1. The Bertz CT molecular complexity index is 832. The maximum Gasteiger partial charge on any atom is 0.347 e. The third-order valence-electron chi connectivity index (χ3n) is 3.72. The van der Waals surface area contributed by atoms with Gasteiger partial charge in [0.2, 0.25) is 0 Å². The molecule has 2 N–H and O–H groups in total. The molecule has 0 saturated carbocycles. The molecule has 0 bridgehead atoms. The van der Waals surface area contributed by atoms with E-state index in [2.05, 4.69) is 10.3 Å². The highest BCUT2D eigenvalue weighted by Gasteiger charge is 2.20. The minimum Gasteiger partial charge on any atom is -0.493 e. The smallest absolute Gasteiger partial charge is 0.347 e. The second-order valence-corrected chi connectivity index (χ2v) is 7.57. The van der Waals surface area contributed by atoms with E-state index in [1.807, 2.05) is 13.8 Å². The topological polar surface area (TPSA) is 97.8 Å². The van der Waals surface area contributed by atoms with Crippen LogP contribution in [0.15, 0.2) is 18.2 Å². The number of carbonyl (C=O) groups excluding carboxylic acids is 1. The fourth-order valence-corrected chi connectivity index (χ4v) is 3.24. The molecule has 8 heteroatoms. The zero-order valence-electron chi connectivity index (χ0n) is 16.0. The van der Waals surface area contributed by atoms with Gasteiger partial charge in [-0.25, -0.2) is 9.78 Å². The molecule has 1 aromatic heterocycles. The lowest BCUT2D eigenvalue weighted by molar-refractivity contribution is 0.0701. The summed E-state index contributed by atoms with van der Waals surface area (Å²) in [4.78, 5) is 28.1. The summed E-state index contributed by atoms with van der Waals surface area (Å²) in [5.41, 5.74) is 0.860. The quantitative estimate of drug-likeness (QED) is 0.711. The van der Waals surface area contributed by atoms with E-state index in [1.165, 1.54) is 7.11 Å². The summed E-state index contributed by atoms with van der Waals surface area (Å²) in [5.74, 6) is 0.111. The van der Waals surface area contributed by atoms with Crippen molar-refractivity contribution in [3.63, 3.8) is 0 Å². The molecule has 1 unspecified atom stereocenters. The maximum atomic E-state index is 12.6. The van der Waals surface area contributed by atoms with E-state index in [0.29, 0.717) is 40.3 Å². The van der Waals surface area contributed by atoms with E-state index < -0.39 is 12.0 Å². The van der Waals surface area contributed by atoms with Crippen LogP contribution in [0.2, 0.25) is 0 Å². The van der Waals surface area contributed by atoms with Gasteiger partial charge in [-0.2, -0.15) is 0 Å². The lowest BCUT2D eigenvalue weighted by Gasteiger charge is -2.15. The second kappa shape index (κ2) is 8.85. The van der Waals surface area contributed by atoms with Gasteiger partial charge in [-0.05, 0) is 38.0 Å². The largest absolute Gasteiger partial charge is 0.493 e. The average Bonchev–Trinajstić information content (AvgIpc) is 3.01. The molecular formula is C19H24N2O5S. The molecule has 0 aliphatic carbocycles. The molecule has 7 nitrogen and oxygen atoms in total. The fraction of sp³-hybridized carbons (Fsp3) is 0.421. The fourth-order valence-electron chi connectivity index (χ4n) is 2.33. The third-order valence-corrected chi connectivity index (χ3v) is 5.05. The SMILES string of the molecule is COc1cc(C(=O)NC(C)c2nc(C)c(C(=O)O)s2)ccc1OCC(C)C. The summed E-state index contributed by atoms with van der Waals surface area (Å²) in [6.45, 7) is 8.05. The first-order valence-corrected chi connectivity index (χ1v) is 9.36. The van der Waals surface area contributed by atoms with Gasteiger partial charge in [0.05, 0.1) is 25.5 Å². The summed E-state index contributed by atoms with van der Waals surface area (Å²) in [6.07, 6.45) is 0. The van der Waals surface area contributed by atoms with Crippen molar-refractivity contribution >= 4 is 23.2 Å². The molecule has 0 radical (unpaired) electrons. The number of amides is 1. The number of aryl methyl sites for hydroxylation is 1. The summed E-state index contributed by atoms with van der Waals surface area (Å²) in [7, 11) is 1.52. The number of aromatic carboxylic acids is 1. The Morgan fingerprint density at radius 2 is 1.96 bits per heavy atom. The van der Waals surface area contributed by atoms with Crippen LogP contribution in [-0.2, 0) is 0 Å². The number of nitrogens with one attached hydrogen (secondary N) is 1. The minimum absolute atomic E-state index is 0.180. The van der Waals surface area contributed by atoms with Crippen LogP contribution in [0, 0.1) is 12.8 Å². The number of rotatable bonds is 8. The molecule has 0 spiro atoms. The number of benzene rings is 1. The van der Waals surface area contributed by atoms with Crippen LogP contribution in [0.4, 0.5) is 0 Å². The third kappa shape index (κ3) is 5.19. The highest BCUT2D eigenvalue weighted by Crippen LogP contribution is 2.29. The van der Waals surface area contributed by atoms with Crippen LogP contribution in [0.5, 0.6) is 11.5 Å². The maximum absolute atomic E-state index is 12.6. The Hall–Kier alpha value is -2.61. The molecule has 0 aliphatic heterocycles. The van der Waals surface area contributed by atoms with Crippen molar-refractivity contribution in [1.29, 1.82) is 0 Å². The first-order chi connectivity index (χ1) is 12.7. The van der Waals surface area contributed by atoms with Crippen LogP contribution < -0.4 is 14.8 Å². The van der Waals surface area contributed by atoms with E-state index in [9.17, 15) is 9.59 Å². The number of hydrogen-bond donors (Lipinski definition) is 2. The van der Waals surface area contributed by atoms with Gasteiger partial charge in [0.25, 0.3) is 5.91 Å². The highest BCUT2D eigenvalue weighted by molar-refractivity contribution is 7.13. The van der Waals surface area contributed by atoms with Crippen molar-refractivity contribution in [2.75, 3.05) is 13.7 Å². The Kier molecular flexibility index (Phi) is 6.79. The number of carboxylic acids is 1. The molecule has 146 valence electrons. The summed E-state index contributed by atoms with van der Waals surface area (Å²) in [5, 5.41) is 12.5. The lowest BCUT2D eigenvalue weighted by atomic mass is 10.1. The van der Waals surface area contributed by atoms with Gasteiger partial charge in [-0.3, -0.25) is 4.79 Å². The summed E-state index contributed by atoms with van der Waals surface area (Å²) >= 11 is 1.06. The number of ether oxygens (including phenoxy) is 2. The van der Waals surface area contributed by atoms with E-state index in [4.69, 9.17) is 14.6 Å². The second-order valence-electron chi connectivity index (χ2n) is 6.54. The van der Waals surface area contributed by atoms with Gasteiger partial charge in [-0.15, -0.1) is 11.3 Å². The molecule has 1 atom stereocenters. The zero-order chi connectivity index (χ0) is 20.1. The van der Waals surface area contributed by atoms with Crippen LogP contribution in [-0.4, -0.2) is 35.7 Å². The van der Waals surface area contributed by atoms with Gasteiger partial charge >= 0.3 is 5.97 Å². The number of methoxy groups -OCH3 is 1. The molecule has 2 aromatic rings. The Labute approximate surface area is 162 Å². The molecule has 1 heterocycles. The number of carbonyl (C=O) groups is 2. The normalized spacial score (nSPS) is 11.9. The van der Waals surface area contributed by atoms with Crippen molar-refractivity contribution in [2.24, 2.45) is 5.92 Å². The van der Waals surface area contributed by atoms with Crippen molar-refractivity contribution in [2.45, 2.75) is 33.7 Å². The Morgan fingerprint density at radius 1 is 1.26 bits per heavy atom. The predicted octanol–water partition coefficient (Wildman–Crippen LogP) is 3.68. The molecule has 0 fully saturated rings. The van der Waals surface area contributed by atoms with Gasteiger partial charge < -0.3 is 19.9 Å². The van der Waals surface area contributed by atoms with Crippen molar-refractivity contribution in [3.05, 3.63) is 39.3 Å². The molecule has 1 amide bonds. The Balaban J connectivity index is 2.13. The van der Waals surface area contributed by atoms with Crippen LogP contribution in [0.3, 0.4) is 0 Å². The number of nitrogens with zero attached hydrogens (tertiary/aromatic N) is 1. The van der Waals surface area contributed by atoms with E-state index in [-0.39, 0.29) is 10.8 Å². The Morgan fingerprint density at radius 3 is 2.52 bits per heavy atom. The minimum atomic E-state index is -1.02. The molecule has 1 aromatic carbocycles. The number of hydrogen-bond acceptors (Lipinski definition) is 6. The van der Waals surface area contributed by atoms with Gasteiger partial charge in [0.1, 0.15) is 9.88 Å².